The summed E-state index contributed by atoms with van der Waals surface area (Å²) in [5, 5.41) is 7.02. The SMILES string of the molecule is N=C(N)CCSCC1CCCO1. The van der Waals surface area contributed by atoms with Gasteiger partial charge in [0, 0.05) is 24.5 Å². The summed E-state index contributed by atoms with van der Waals surface area (Å²) in [6, 6.07) is 0. The van der Waals surface area contributed by atoms with E-state index < -0.39 is 0 Å². The first-order valence-electron chi connectivity index (χ1n) is 4.31. The monoisotopic (exact) mass is 188 g/mol. The lowest BCUT2D eigenvalue weighted by Crippen LogP contribution is -2.12. The highest BCUT2D eigenvalue weighted by Crippen LogP contribution is 2.17. The van der Waals surface area contributed by atoms with E-state index in [0.717, 1.165) is 18.1 Å². The third-order valence-corrected chi connectivity index (χ3v) is 2.94. The molecule has 1 aliphatic rings. The van der Waals surface area contributed by atoms with Crippen molar-refractivity contribution in [1.29, 1.82) is 5.41 Å². The Morgan fingerprint density at radius 2 is 2.50 bits per heavy atom. The summed E-state index contributed by atoms with van der Waals surface area (Å²) in [5.41, 5.74) is 5.23. The van der Waals surface area contributed by atoms with Gasteiger partial charge in [0.2, 0.25) is 0 Å². The van der Waals surface area contributed by atoms with Crippen LogP contribution in [0.25, 0.3) is 0 Å². The third-order valence-electron chi connectivity index (χ3n) is 1.84. The van der Waals surface area contributed by atoms with Gasteiger partial charge in [-0.05, 0) is 12.8 Å². The second-order valence-corrected chi connectivity index (χ2v) is 4.14. The number of amidine groups is 1. The standard InChI is InChI=1S/C8H16N2OS/c9-8(10)3-5-12-6-7-2-1-4-11-7/h7H,1-6H2,(H3,9,10). The topological polar surface area (TPSA) is 59.1 Å². The van der Waals surface area contributed by atoms with Gasteiger partial charge in [-0.2, -0.15) is 11.8 Å². The molecule has 0 bridgehead atoms. The largest absolute Gasteiger partial charge is 0.388 e. The fraction of sp³-hybridized carbons (Fsp3) is 0.875. The molecule has 3 N–H and O–H groups in total. The van der Waals surface area contributed by atoms with Crippen LogP contribution in [0.1, 0.15) is 19.3 Å². The van der Waals surface area contributed by atoms with Crippen LogP contribution in [0.3, 0.4) is 0 Å². The van der Waals surface area contributed by atoms with Crippen molar-refractivity contribution in [1.82, 2.24) is 0 Å². The van der Waals surface area contributed by atoms with Gasteiger partial charge in [0.05, 0.1) is 11.9 Å². The maximum atomic E-state index is 7.02. The molecule has 0 aromatic heterocycles. The molecule has 70 valence electrons. The van der Waals surface area contributed by atoms with Gasteiger partial charge in [0.1, 0.15) is 0 Å². The normalized spacial score (nSPS) is 22.8. The van der Waals surface area contributed by atoms with Crippen LogP contribution in [0, 0.1) is 5.41 Å². The molecule has 0 amide bonds. The first-order valence-corrected chi connectivity index (χ1v) is 5.47. The summed E-state index contributed by atoms with van der Waals surface area (Å²) >= 11 is 1.83. The molecule has 0 aliphatic carbocycles. The van der Waals surface area contributed by atoms with Crippen LogP contribution in [0.15, 0.2) is 0 Å². The Balaban J connectivity index is 1.91. The van der Waals surface area contributed by atoms with Crippen molar-refractivity contribution in [3.8, 4) is 0 Å². The number of hydrogen-bond acceptors (Lipinski definition) is 3. The van der Waals surface area contributed by atoms with Crippen LogP contribution in [0.5, 0.6) is 0 Å². The summed E-state index contributed by atoms with van der Waals surface area (Å²) in [6.07, 6.45) is 3.57. The van der Waals surface area contributed by atoms with Crippen LogP contribution in [-0.2, 0) is 4.74 Å². The minimum Gasteiger partial charge on any atom is -0.388 e. The fourth-order valence-electron chi connectivity index (χ4n) is 1.17. The highest BCUT2D eigenvalue weighted by molar-refractivity contribution is 7.99. The van der Waals surface area contributed by atoms with Crippen LogP contribution < -0.4 is 5.73 Å². The Morgan fingerprint density at radius 3 is 3.08 bits per heavy atom. The number of thioether (sulfide) groups is 1. The zero-order chi connectivity index (χ0) is 8.81. The van der Waals surface area contributed by atoms with E-state index in [0.29, 0.717) is 12.5 Å². The minimum absolute atomic E-state index is 0.287. The van der Waals surface area contributed by atoms with E-state index in [-0.39, 0.29) is 5.84 Å². The number of nitrogens with two attached hydrogens (primary N) is 1. The smallest absolute Gasteiger partial charge is 0.0913 e. The van der Waals surface area contributed by atoms with Crippen molar-refractivity contribution in [3.05, 3.63) is 0 Å². The Kier molecular flexibility index (Phi) is 4.46. The highest BCUT2D eigenvalue weighted by atomic mass is 32.2. The van der Waals surface area contributed by atoms with Crippen molar-refractivity contribution in [2.45, 2.75) is 25.4 Å². The molecule has 0 spiro atoms. The lowest BCUT2D eigenvalue weighted by atomic mass is 10.3. The Morgan fingerprint density at radius 1 is 1.67 bits per heavy atom. The molecule has 12 heavy (non-hydrogen) atoms. The molecule has 0 saturated carbocycles. The van der Waals surface area contributed by atoms with Crippen LogP contribution in [-0.4, -0.2) is 30.1 Å². The van der Waals surface area contributed by atoms with Crippen LogP contribution >= 0.6 is 11.8 Å². The minimum atomic E-state index is 0.287. The van der Waals surface area contributed by atoms with E-state index >= 15 is 0 Å². The number of rotatable bonds is 5. The molecule has 1 aliphatic heterocycles. The van der Waals surface area contributed by atoms with Crippen molar-refractivity contribution < 1.29 is 4.74 Å². The summed E-state index contributed by atoms with van der Waals surface area (Å²) in [5.74, 6) is 2.30. The molecular formula is C8H16N2OS. The van der Waals surface area contributed by atoms with E-state index in [2.05, 4.69) is 0 Å². The van der Waals surface area contributed by atoms with Gasteiger partial charge in [-0.3, -0.25) is 5.41 Å². The van der Waals surface area contributed by atoms with Crippen molar-refractivity contribution in [2.75, 3.05) is 18.1 Å². The molecule has 1 saturated heterocycles. The molecule has 3 nitrogen and oxygen atoms in total. The first-order chi connectivity index (χ1) is 5.79. The van der Waals surface area contributed by atoms with Gasteiger partial charge in [-0.1, -0.05) is 0 Å². The number of hydrogen-bond donors (Lipinski definition) is 2. The molecule has 0 radical (unpaired) electrons. The maximum Gasteiger partial charge on any atom is 0.0913 e. The second kappa shape index (κ2) is 5.43. The van der Waals surface area contributed by atoms with Crippen LogP contribution in [0.2, 0.25) is 0 Å². The Hall–Kier alpha value is -0.220. The lowest BCUT2D eigenvalue weighted by Gasteiger charge is -2.07. The molecule has 1 unspecified atom stereocenters. The van der Waals surface area contributed by atoms with E-state index in [1.54, 1.807) is 0 Å². The predicted octanol–water partition coefficient (Wildman–Crippen LogP) is 1.22. The fourth-order valence-corrected chi connectivity index (χ4v) is 2.23. The van der Waals surface area contributed by atoms with Crippen molar-refractivity contribution in [3.63, 3.8) is 0 Å². The number of nitrogens with one attached hydrogen (secondary N) is 1. The summed E-state index contributed by atoms with van der Waals surface area (Å²) < 4.78 is 5.45. The molecule has 4 heteroatoms. The van der Waals surface area contributed by atoms with Crippen LogP contribution in [0.4, 0.5) is 0 Å². The van der Waals surface area contributed by atoms with Gasteiger partial charge in [-0.25, -0.2) is 0 Å². The zero-order valence-electron chi connectivity index (χ0n) is 7.21. The quantitative estimate of drug-likeness (QED) is 0.387. The average molecular weight is 188 g/mol. The van der Waals surface area contributed by atoms with E-state index in [4.69, 9.17) is 15.9 Å². The van der Waals surface area contributed by atoms with Gasteiger partial charge in [0.25, 0.3) is 0 Å². The Bertz CT molecular complexity index is 146. The number of ether oxygens (including phenoxy) is 1. The first kappa shape index (κ1) is 9.86. The van der Waals surface area contributed by atoms with E-state index in [1.807, 2.05) is 11.8 Å². The molecule has 0 aromatic rings. The van der Waals surface area contributed by atoms with Gasteiger partial charge in [0.15, 0.2) is 0 Å². The maximum absolute atomic E-state index is 7.02. The van der Waals surface area contributed by atoms with Gasteiger partial charge >= 0.3 is 0 Å². The summed E-state index contributed by atoms with van der Waals surface area (Å²) in [6.45, 7) is 0.929. The molecule has 1 heterocycles. The van der Waals surface area contributed by atoms with Crippen molar-refractivity contribution in [2.24, 2.45) is 5.73 Å². The summed E-state index contributed by atoms with van der Waals surface area (Å²) in [7, 11) is 0. The zero-order valence-corrected chi connectivity index (χ0v) is 8.03. The molecule has 1 rings (SSSR count). The molecule has 1 atom stereocenters. The van der Waals surface area contributed by atoms with E-state index in [9.17, 15) is 0 Å². The van der Waals surface area contributed by atoms with E-state index in [1.165, 1.54) is 12.8 Å². The second-order valence-electron chi connectivity index (χ2n) is 2.99. The average Bonchev–Trinajstić information content (AvgIpc) is 2.49. The van der Waals surface area contributed by atoms with Crippen molar-refractivity contribution >= 4 is 17.6 Å². The predicted molar refractivity (Wildman–Crippen MR) is 52.8 cm³/mol. The third kappa shape index (κ3) is 3.97. The molecular weight excluding hydrogens is 172 g/mol. The summed E-state index contributed by atoms with van der Waals surface area (Å²) in [4.78, 5) is 0. The van der Waals surface area contributed by atoms with Gasteiger partial charge in [-0.15, -0.1) is 0 Å². The molecule has 1 fully saturated rings. The molecule has 0 aromatic carbocycles. The lowest BCUT2D eigenvalue weighted by molar-refractivity contribution is 0.129. The highest BCUT2D eigenvalue weighted by Gasteiger charge is 2.14. The van der Waals surface area contributed by atoms with Gasteiger partial charge < -0.3 is 10.5 Å². The Labute approximate surface area is 77.5 Å².